The molecule has 0 spiro atoms. The van der Waals surface area contributed by atoms with Gasteiger partial charge in [0.1, 0.15) is 6.07 Å². The quantitative estimate of drug-likeness (QED) is 0.658. The van der Waals surface area contributed by atoms with E-state index in [1.807, 2.05) is 0 Å². The van der Waals surface area contributed by atoms with Crippen molar-refractivity contribution >= 4 is 12.6 Å². The van der Waals surface area contributed by atoms with Crippen LogP contribution in [0.1, 0.15) is 11.3 Å². The summed E-state index contributed by atoms with van der Waals surface area (Å²) in [7, 11) is 0. The Bertz CT molecular complexity index is 367. The molecule has 0 aliphatic rings. The summed E-state index contributed by atoms with van der Waals surface area (Å²) in [6, 6.07) is 2.77. The molecule has 1 heterocycles. The van der Waals surface area contributed by atoms with Crippen LogP contribution in [-0.4, -0.2) is 4.98 Å². The zero-order valence-electron chi connectivity index (χ0n) is 6.13. The minimum atomic E-state index is -4.57. The summed E-state index contributed by atoms with van der Waals surface area (Å²) in [6.07, 6.45) is -3.63. The van der Waals surface area contributed by atoms with Crippen LogP contribution in [0.2, 0.25) is 0 Å². The fourth-order valence-corrected chi connectivity index (χ4v) is 1.06. The van der Waals surface area contributed by atoms with Crippen LogP contribution in [0.5, 0.6) is 0 Å². The lowest BCUT2D eigenvalue weighted by atomic mass is 10.2. The molecule has 1 aromatic rings. The molecule has 13 heavy (non-hydrogen) atoms. The summed E-state index contributed by atoms with van der Waals surface area (Å²) in [5.74, 6) is 0. The van der Waals surface area contributed by atoms with E-state index in [-0.39, 0.29) is 5.56 Å². The highest BCUT2D eigenvalue weighted by molar-refractivity contribution is 7.80. The fraction of sp³-hybridized carbons (Fsp3) is 0.143. The van der Waals surface area contributed by atoms with Crippen molar-refractivity contribution in [2.75, 3.05) is 0 Å². The normalized spacial score (nSPS) is 11.0. The molecule has 0 aliphatic carbocycles. The number of thiol groups is 1. The van der Waals surface area contributed by atoms with Crippen LogP contribution in [0, 0.1) is 11.3 Å². The Morgan fingerprint density at radius 3 is 2.54 bits per heavy atom. The first-order valence-electron chi connectivity index (χ1n) is 3.12. The smallest absolute Gasteiger partial charge is 0.251 e. The maximum atomic E-state index is 12.1. The largest absolute Gasteiger partial charge is 0.434 e. The van der Waals surface area contributed by atoms with Crippen LogP contribution in [-0.2, 0) is 6.18 Å². The highest BCUT2D eigenvalue weighted by Crippen LogP contribution is 2.32. The number of rotatable bonds is 0. The van der Waals surface area contributed by atoms with Crippen molar-refractivity contribution < 1.29 is 13.2 Å². The lowest BCUT2D eigenvalue weighted by molar-refractivity contribution is -0.143. The third kappa shape index (κ3) is 1.92. The van der Waals surface area contributed by atoms with Gasteiger partial charge >= 0.3 is 6.18 Å². The highest BCUT2D eigenvalue weighted by atomic mass is 32.1. The molecule has 0 atom stereocenters. The molecule has 0 unspecified atom stereocenters. The van der Waals surface area contributed by atoms with Gasteiger partial charge in [-0.05, 0) is 6.07 Å². The van der Waals surface area contributed by atoms with E-state index in [2.05, 4.69) is 17.6 Å². The topological polar surface area (TPSA) is 36.7 Å². The Hall–Kier alpha value is -1.22. The molecule has 0 amide bonds. The fourth-order valence-electron chi connectivity index (χ4n) is 0.752. The number of alkyl halides is 3. The SMILES string of the molecule is N#Cc1ccnc(C(F)(F)F)c1S. The van der Waals surface area contributed by atoms with E-state index < -0.39 is 16.8 Å². The molecule has 1 aromatic heterocycles. The molecular formula is C7H3F3N2S. The van der Waals surface area contributed by atoms with Crippen LogP contribution in [0.25, 0.3) is 0 Å². The number of nitriles is 1. The van der Waals surface area contributed by atoms with E-state index in [9.17, 15) is 13.2 Å². The first kappa shape index (κ1) is 9.86. The minimum Gasteiger partial charge on any atom is -0.251 e. The van der Waals surface area contributed by atoms with Crippen LogP contribution >= 0.6 is 12.6 Å². The molecular weight excluding hydrogens is 201 g/mol. The molecule has 0 radical (unpaired) electrons. The highest BCUT2D eigenvalue weighted by Gasteiger charge is 2.35. The number of hydrogen-bond acceptors (Lipinski definition) is 3. The van der Waals surface area contributed by atoms with Crippen molar-refractivity contribution in [3.8, 4) is 6.07 Å². The van der Waals surface area contributed by atoms with E-state index >= 15 is 0 Å². The van der Waals surface area contributed by atoms with Gasteiger partial charge in [-0.25, -0.2) is 0 Å². The summed E-state index contributed by atoms with van der Waals surface area (Å²) < 4.78 is 36.4. The van der Waals surface area contributed by atoms with Crippen molar-refractivity contribution in [2.45, 2.75) is 11.1 Å². The van der Waals surface area contributed by atoms with Gasteiger partial charge in [-0.15, -0.1) is 12.6 Å². The van der Waals surface area contributed by atoms with Crippen molar-refractivity contribution in [2.24, 2.45) is 0 Å². The van der Waals surface area contributed by atoms with Crippen molar-refractivity contribution in [1.82, 2.24) is 4.98 Å². The first-order valence-corrected chi connectivity index (χ1v) is 3.57. The maximum Gasteiger partial charge on any atom is 0.434 e. The minimum absolute atomic E-state index is 0.134. The Balaban J connectivity index is 3.34. The summed E-state index contributed by atoms with van der Waals surface area (Å²) in [5.41, 5.74) is -1.26. The second-order valence-corrected chi connectivity index (χ2v) is 2.61. The van der Waals surface area contributed by atoms with Gasteiger partial charge in [0, 0.05) is 6.20 Å². The van der Waals surface area contributed by atoms with Crippen LogP contribution in [0.15, 0.2) is 17.2 Å². The standard InChI is InChI=1S/C7H3F3N2S/c8-7(9,10)6-5(13)4(3-11)1-2-12-6/h1-2,13H. The van der Waals surface area contributed by atoms with Crippen LogP contribution < -0.4 is 0 Å². The molecule has 1 rings (SSSR count). The molecule has 68 valence electrons. The number of halogens is 3. The van der Waals surface area contributed by atoms with Gasteiger partial charge in [0.25, 0.3) is 0 Å². The third-order valence-electron chi connectivity index (χ3n) is 1.31. The van der Waals surface area contributed by atoms with Gasteiger partial charge in [0.05, 0.1) is 10.5 Å². The molecule has 6 heteroatoms. The number of nitrogens with zero attached hydrogens (tertiary/aromatic N) is 2. The van der Waals surface area contributed by atoms with Crippen molar-refractivity contribution in [3.63, 3.8) is 0 Å². The van der Waals surface area contributed by atoms with Gasteiger partial charge in [0.2, 0.25) is 0 Å². The zero-order valence-corrected chi connectivity index (χ0v) is 7.02. The van der Waals surface area contributed by atoms with Crippen molar-refractivity contribution in [1.29, 1.82) is 5.26 Å². The lowest BCUT2D eigenvalue weighted by Gasteiger charge is -2.07. The Kier molecular flexibility index (Phi) is 2.48. The molecule has 0 saturated heterocycles. The Morgan fingerprint density at radius 2 is 2.08 bits per heavy atom. The van der Waals surface area contributed by atoms with Crippen LogP contribution in [0.4, 0.5) is 13.2 Å². The molecule has 0 fully saturated rings. The van der Waals surface area contributed by atoms with Crippen molar-refractivity contribution in [3.05, 3.63) is 23.5 Å². The number of pyridine rings is 1. The molecule has 0 bridgehead atoms. The second-order valence-electron chi connectivity index (χ2n) is 2.17. The van der Waals surface area contributed by atoms with Gasteiger partial charge in [-0.3, -0.25) is 4.98 Å². The van der Waals surface area contributed by atoms with E-state index in [0.29, 0.717) is 0 Å². The molecule has 2 nitrogen and oxygen atoms in total. The third-order valence-corrected chi connectivity index (χ3v) is 1.77. The average molecular weight is 204 g/mol. The van der Waals surface area contributed by atoms with Gasteiger partial charge in [-0.2, -0.15) is 18.4 Å². The molecule has 0 saturated carbocycles. The number of hydrogen-bond donors (Lipinski definition) is 1. The molecule has 0 aliphatic heterocycles. The van der Waals surface area contributed by atoms with E-state index in [1.165, 1.54) is 6.07 Å². The Morgan fingerprint density at radius 1 is 1.46 bits per heavy atom. The second kappa shape index (κ2) is 3.26. The molecule has 0 aromatic carbocycles. The van der Waals surface area contributed by atoms with Gasteiger partial charge in [0.15, 0.2) is 5.69 Å². The summed E-state index contributed by atoms with van der Waals surface area (Å²) in [6.45, 7) is 0. The zero-order chi connectivity index (χ0) is 10.1. The summed E-state index contributed by atoms with van der Waals surface area (Å²) in [5, 5.41) is 8.41. The number of aromatic nitrogens is 1. The predicted molar refractivity (Wildman–Crippen MR) is 41.2 cm³/mol. The molecule has 0 N–H and O–H groups in total. The van der Waals surface area contributed by atoms with E-state index in [4.69, 9.17) is 5.26 Å². The average Bonchev–Trinajstić information content (AvgIpc) is 2.02. The van der Waals surface area contributed by atoms with E-state index in [1.54, 1.807) is 6.07 Å². The van der Waals surface area contributed by atoms with E-state index in [0.717, 1.165) is 6.20 Å². The monoisotopic (exact) mass is 204 g/mol. The first-order chi connectivity index (χ1) is 5.96. The lowest BCUT2D eigenvalue weighted by Crippen LogP contribution is -2.09. The van der Waals surface area contributed by atoms with Crippen LogP contribution in [0.3, 0.4) is 0 Å². The summed E-state index contributed by atoms with van der Waals surface area (Å²) >= 11 is 3.58. The maximum absolute atomic E-state index is 12.1. The van der Waals surface area contributed by atoms with Gasteiger partial charge in [-0.1, -0.05) is 0 Å². The van der Waals surface area contributed by atoms with Gasteiger partial charge < -0.3 is 0 Å². The Labute approximate surface area is 77.4 Å². The predicted octanol–water partition coefficient (Wildman–Crippen LogP) is 2.26. The summed E-state index contributed by atoms with van der Waals surface area (Å²) in [4.78, 5) is 2.67.